The molecular formula is C18H21NO2. The van der Waals surface area contributed by atoms with Crippen molar-refractivity contribution in [2.24, 2.45) is 0 Å². The highest BCUT2D eigenvalue weighted by Gasteiger charge is 2.23. The molecule has 0 bridgehead atoms. The highest BCUT2D eigenvalue weighted by atomic mass is 16.3. The maximum absolute atomic E-state index is 9.74. The Morgan fingerprint density at radius 1 is 1.14 bits per heavy atom. The summed E-state index contributed by atoms with van der Waals surface area (Å²) in [6, 6.07) is 15.7. The van der Waals surface area contributed by atoms with Crippen molar-refractivity contribution in [2.75, 3.05) is 6.61 Å². The fraction of sp³-hybridized carbons (Fsp3) is 0.333. The molecule has 110 valence electrons. The molecule has 0 radical (unpaired) electrons. The topological polar surface area (TPSA) is 52.5 Å². The number of rotatable bonds is 4. The van der Waals surface area contributed by atoms with Gasteiger partial charge in [-0.2, -0.15) is 0 Å². The molecule has 0 spiro atoms. The molecule has 0 saturated heterocycles. The van der Waals surface area contributed by atoms with E-state index < -0.39 is 0 Å². The van der Waals surface area contributed by atoms with E-state index in [2.05, 4.69) is 5.32 Å². The van der Waals surface area contributed by atoms with Gasteiger partial charge in [-0.1, -0.05) is 36.4 Å². The van der Waals surface area contributed by atoms with Crippen LogP contribution in [0.3, 0.4) is 0 Å². The Kier molecular flexibility index (Phi) is 4.23. The largest absolute Gasteiger partial charge is 0.508 e. The zero-order valence-electron chi connectivity index (χ0n) is 12.0. The molecule has 1 unspecified atom stereocenters. The SMILES string of the molecule is OC[C@@H](NC1CCCc2ccc(O)cc21)c1ccccc1. The average molecular weight is 283 g/mol. The van der Waals surface area contributed by atoms with Crippen LogP contribution in [0.1, 0.15) is 41.6 Å². The number of nitrogens with one attached hydrogen (secondary N) is 1. The van der Waals surface area contributed by atoms with Crippen LogP contribution >= 0.6 is 0 Å². The van der Waals surface area contributed by atoms with E-state index in [1.165, 1.54) is 5.56 Å². The van der Waals surface area contributed by atoms with Gasteiger partial charge in [-0.25, -0.2) is 0 Å². The zero-order valence-corrected chi connectivity index (χ0v) is 12.0. The first-order chi connectivity index (χ1) is 10.3. The molecule has 2 aromatic rings. The Hall–Kier alpha value is -1.84. The second-order valence-corrected chi connectivity index (χ2v) is 5.64. The van der Waals surface area contributed by atoms with Crippen molar-refractivity contribution in [2.45, 2.75) is 31.3 Å². The third-order valence-corrected chi connectivity index (χ3v) is 4.23. The summed E-state index contributed by atoms with van der Waals surface area (Å²) in [5.74, 6) is 0.308. The number of fused-ring (bicyclic) bond motifs is 1. The molecule has 21 heavy (non-hydrogen) atoms. The molecule has 3 N–H and O–H groups in total. The Balaban J connectivity index is 1.84. The van der Waals surface area contributed by atoms with Crippen LogP contribution in [0.15, 0.2) is 48.5 Å². The molecule has 1 aliphatic carbocycles. The van der Waals surface area contributed by atoms with Crippen LogP contribution in [-0.4, -0.2) is 16.8 Å². The number of aliphatic hydroxyl groups excluding tert-OH is 1. The highest BCUT2D eigenvalue weighted by molar-refractivity contribution is 5.38. The van der Waals surface area contributed by atoms with Gasteiger partial charge in [0.2, 0.25) is 0 Å². The van der Waals surface area contributed by atoms with Gasteiger partial charge in [0.1, 0.15) is 5.75 Å². The molecule has 0 aliphatic heterocycles. The fourth-order valence-electron chi connectivity index (χ4n) is 3.14. The van der Waals surface area contributed by atoms with E-state index in [4.69, 9.17) is 0 Å². The molecule has 0 aromatic heterocycles. The van der Waals surface area contributed by atoms with E-state index >= 15 is 0 Å². The molecule has 0 fully saturated rings. The molecule has 1 aliphatic rings. The second-order valence-electron chi connectivity index (χ2n) is 5.64. The van der Waals surface area contributed by atoms with Crippen LogP contribution in [0.4, 0.5) is 0 Å². The summed E-state index contributed by atoms with van der Waals surface area (Å²) in [5, 5.41) is 23.0. The maximum atomic E-state index is 9.74. The molecule has 0 saturated carbocycles. The van der Waals surface area contributed by atoms with Crippen LogP contribution in [0.25, 0.3) is 0 Å². The van der Waals surface area contributed by atoms with E-state index in [1.807, 2.05) is 42.5 Å². The van der Waals surface area contributed by atoms with Crippen molar-refractivity contribution in [3.8, 4) is 5.75 Å². The lowest BCUT2D eigenvalue weighted by atomic mass is 9.87. The molecule has 2 atom stereocenters. The van der Waals surface area contributed by atoms with Gasteiger partial charge in [-0.05, 0) is 48.1 Å². The Morgan fingerprint density at radius 3 is 2.71 bits per heavy atom. The molecule has 0 amide bonds. The highest BCUT2D eigenvalue weighted by Crippen LogP contribution is 2.33. The third-order valence-electron chi connectivity index (χ3n) is 4.23. The fourth-order valence-corrected chi connectivity index (χ4v) is 3.14. The van der Waals surface area contributed by atoms with Crippen molar-refractivity contribution < 1.29 is 10.2 Å². The summed E-state index contributed by atoms with van der Waals surface area (Å²) in [6.45, 7) is 0.0641. The summed E-state index contributed by atoms with van der Waals surface area (Å²) < 4.78 is 0. The number of hydrogen-bond acceptors (Lipinski definition) is 3. The van der Waals surface area contributed by atoms with Crippen molar-refractivity contribution in [1.82, 2.24) is 5.32 Å². The van der Waals surface area contributed by atoms with Gasteiger partial charge in [-0.3, -0.25) is 0 Å². The van der Waals surface area contributed by atoms with Crippen molar-refractivity contribution in [3.63, 3.8) is 0 Å². The lowest BCUT2D eigenvalue weighted by Gasteiger charge is -2.30. The Labute approximate surface area is 125 Å². The van der Waals surface area contributed by atoms with Gasteiger partial charge in [0.15, 0.2) is 0 Å². The minimum absolute atomic E-state index is 0.0641. The first-order valence-electron chi connectivity index (χ1n) is 7.51. The number of phenolic OH excluding ortho intramolecular Hbond substituents is 1. The normalized spacial score (nSPS) is 19.0. The van der Waals surface area contributed by atoms with E-state index in [0.717, 1.165) is 30.4 Å². The number of aliphatic hydroxyl groups is 1. The van der Waals surface area contributed by atoms with Crippen LogP contribution < -0.4 is 5.32 Å². The van der Waals surface area contributed by atoms with Crippen LogP contribution in [0, 0.1) is 0 Å². The Bertz CT molecular complexity index is 597. The molecule has 3 rings (SSSR count). The summed E-state index contributed by atoms with van der Waals surface area (Å²) in [4.78, 5) is 0. The smallest absolute Gasteiger partial charge is 0.115 e. The quantitative estimate of drug-likeness (QED) is 0.808. The lowest BCUT2D eigenvalue weighted by Crippen LogP contribution is -2.31. The third kappa shape index (κ3) is 3.09. The summed E-state index contributed by atoms with van der Waals surface area (Å²) in [5.41, 5.74) is 3.55. The van der Waals surface area contributed by atoms with Gasteiger partial charge >= 0.3 is 0 Å². The number of hydrogen-bond donors (Lipinski definition) is 3. The average Bonchev–Trinajstić information content (AvgIpc) is 2.53. The van der Waals surface area contributed by atoms with Gasteiger partial charge in [0, 0.05) is 6.04 Å². The van der Waals surface area contributed by atoms with E-state index in [1.54, 1.807) is 6.07 Å². The van der Waals surface area contributed by atoms with Crippen LogP contribution in [-0.2, 0) is 6.42 Å². The van der Waals surface area contributed by atoms with Crippen molar-refractivity contribution >= 4 is 0 Å². The summed E-state index contributed by atoms with van der Waals surface area (Å²) in [6.07, 6.45) is 3.21. The number of phenols is 1. The van der Waals surface area contributed by atoms with E-state index in [0.29, 0.717) is 5.75 Å². The summed E-state index contributed by atoms with van der Waals surface area (Å²) in [7, 11) is 0. The van der Waals surface area contributed by atoms with Crippen molar-refractivity contribution in [3.05, 3.63) is 65.2 Å². The molecule has 2 aromatic carbocycles. The monoisotopic (exact) mass is 283 g/mol. The lowest BCUT2D eigenvalue weighted by molar-refractivity contribution is 0.228. The van der Waals surface area contributed by atoms with Gasteiger partial charge in [0.25, 0.3) is 0 Å². The molecule has 0 heterocycles. The maximum Gasteiger partial charge on any atom is 0.115 e. The van der Waals surface area contributed by atoms with Crippen LogP contribution in [0.5, 0.6) is 5.75 Å². The first-order valence-corrected chi connectivity index (χ1v) is 7.51. The van der Waals surface area contributed by atoms with E-state index in [9.17, 15) is 10.2 Å². The number of aromatic hydroxyl groups is 1. The van der Waals surface area contributed by atoms with Gasteiger partial charge in [0.05, 0.1) is 12.6 Å². The summed E-state index contributed by atoms with van der Waals surface area (Å²) >= 11 is 0. The minimum Gasteiger partial charge on any atom is -0.508 e. The molecule has 3 heteroatoms. The zero-order chi connectivity index (χ0) is 14.7. The molecular weight excluding hydrogens is 262 g/mol. The van der Waals surface area contributed by atoms with E-state index in [-0.39, 0.29) is 18.7 Å². The number of benzene rings is 2. The molecule has 3 nitrogen and oxygen atoms in total. The first kappa shape index (κ1) is 14.1. The van der Waals surface area contributed by atoms with Crippen LogP contribution in [0.2, 0.25) is 0 Å². The minimum atomic E-state index is -0.0792. The second kappa shape index (κ2) is 6.29. The standard InChI is InChI=1S/C18H21NO2/c20-12-18(14-5-2-1-3-6-14)19-17-8-4-7-13-9-10-15(21)11-16(13)17/h1-3,5-6,9-11,17-21H,4,7-8,12H2/t17?,18-/m1/s1. The van der Waals surface area contributed by atoms with Gasteiger partial charge < -0.3 is 15.5 Å². The van der Waals surface area contributed by atoms with Crippen molar-refractivity contribution in [1.29, 1.82) is 0 Å². The predicted molar refractivity (Wildman–Crippen MR) is 83.2 cm³/mol. The number of aryl methyl sites for hydroxylation is 1. The predicted octanol–water partition coefficient (Wildman–Crippen LogP) is 3.09. The van der Waals surface area contributed by atoms with Gasteiger partial charge in [-0.15, -0.1) is 0 Å². The Morgan fingerprint density at radius 2 is 1.95 bits per heavy atom.